The van der Waals surface area contributed by atoms with Crippen LogP contribution in [0.5, 0.6) is 0 Å². The summed E-state index contributed by atoms with van der Waals surface area (Å²) in [5, 5.41) is 19.4. The number of fused-ring (bicyclic) bond motifs is 1. The zero-order valence-electron chi connectivity index (χ0n) is 10.8. The van der Waals surface area contributed by atoms with Crippen LogP contribution in [-0.4, -0.2) is 29.5 Å². The average Bonchev–Trinajstić information content (AvgIpc) is 3.07. The molecule has 3 aromatic heterocycles. The van der Waals surface area contributed by atoms with E-state index >= 15 is 0 Å². The molecule has 3 rings (SSSR count). The largest absolute Gasteiger partial charge is 0.387 e. The Morgan fingerprint density at radius 1 is 1.50 bits per heavy atom. The Morgan fingerprint density at radius 2 is 2.35 bits per heavy atom. The molecule has 1 atom stereocenters. The van der Waals surface area contributed by atoms with E-state index in [4.69, 9.17) is 0 Å². The zero-order valence-corrected chi connectivity index (χ0v) is 11.6. The summed E-state index contributed by atoms with van der Waals surface area (Å²) >= 11 is 1.41. The average molecular weight is 291 g/mol. The van der Waals surface area contributed by atoms with Gasteiger partial charge in [-0.15, -0.1) is 16.4 Å². The second kappa shape index (κ2) is 5.14. The van der Waals surface area contributed by atoms with Crippen molar-refractivity contribution in [3.63, 3.8) is 0 Å². The second-order valence-electron chi connectivity index (χ2n) is 4.41. The monoisotopic (exact) mass is 291 g/mol. The highest BCUT2D eigenvalue weighted by Gasteiger charge is 2.11. The van der Waals surface area contributed by atoms with Crippen molar-refractivity contribution in [2.45, 2.75) is 26.0 Å². The molecule has 1 N–H and O–H groups in total. The minimum Gasteiger partial charge on any atom is -0.387 e. The van der Waals surface area contributed by atoms with Gasteiger partial charge in [-0.2, -0.15) is 0 Å². The highest BCUT2D eigenvalue weighted by atomic mass is 32.1. The second-order valence-corrected chi connectivity index (χ2v) is 5.28. The molecule has 0 aromatic carbocycles. The predicted octanol–water partition coefficient (Wildman–Crippen LogP) is 0.839. The summed E-state index contributed by atoms with van der Waals surface area (Å²) in [6.45, 7) is 2.23. The predicted molar refractivity (Wildman–Crippen MR) is 73.7 cm³/mol. The molecule has 0 bridgehead atoms. The van der Waals surface area contributed by atoms with Gasteiger partial charge in [-0.25, -0.2) is 9.67 Å². The maximum Gasteiger partial charge on any atom is 0.258 e. The highest BCUT2D eigenvalue weighted by molar-refractivity contribution is 7.15. The van der Waals surface area contributed by atoms with Gasteiger partial charge in [-0.05, 0) is 6.42 Å². The normalized spacial score (nSPS) is 12.9. The number of hydrogen-bond acceptors (Lipinski definition) is 6. The van der Waals surface area contributed by atoms with E-state index in [0.29, 0.717) is 29.3 Å². The number of aliphatic hydroxyl groups is 1. The molecule has 8 heteroatoms. The van der Waals surface area contributed by atoms with Gasteiger partial charge in [0.2, 0.25) is 0 Å². The maximum absolute atomic E-state index is 11.9. The molecule has 0 saturated heterocycles. The maximum atomic E-state index is 11.9. The minimum absolute atomic E-state index is 0.111. The van der Waals surface area contributed by atoms with Crippen molar-refractivity contribution in [1.29, 1.82) is 0 Å². The van der Waals surface area contributed by atoms with Crippen molar-refractivity contribution >= 4 is 16.3 Å². The van der Waals surface area contributed by atoms with Crippen LogP contribution in [-0.2, 0) is 6.54 Å². The quantitative estimate of drug-likeness (QED) is 0.770. The highest BCUT2D eigenvalue weighted by Crippen LogP contribution is 2.12. The molecule has 3 heterocycles. The smallest absolute Gasteiger partial charge is 0.258 e. The molecule has 0 amide bonds. The lowest BCUT2D eigenvalue weighted by Crippen LogP contribution is -2.14. The molecule has 0 aliphatic rings. The first kappa shape index (κ1) is 12.9. The molecule has 0 fully saturated rings. The third-order valence-corrected chi connectivity index (χ3v) is 3.72. The lowest BCUT2D eigenvalue weighted by molar-refractivity contribution is 0.168. The SMILES string of the molecule is CCC(O)c1cn(Cc2cc(=O)n3ccsc3n2)nn1. The van der Waals surface area contributed by atoms with E-state index in [-0.39, 0.29) is 5.56 Å². The van der Waals surface area contributed by atoms with Crippen LogP contribution >= 0.6 is 11.3 Å². The van der Waals surface area contributed by atoms with Gasteiger partial charge in [-0.1, -0.05) is 12.1 Å². The molecule has 0 spiro atoms. The van der Waals surface area contributed by atoms with Crippen LogP contribution < -0.4 is 5.56 Å². The Hall–Kier alpha value is -2.06. The van der Waals surface area contributed by atoms with E-state index in [0.717, 1.165) is 0 Å². The molecule has 20 heavy (non-hydrogen) atoms. The van der Waals surface area contributed by atoms with E-state index in [2.05, 4.69) is 15.3 Å². The fraction of sp³-hybridized carbons (Fsp3) is 0.333. The van der Waals surface area contributed by atoms with Crippen molar-refractivity contribution in [2.75, 3.05) is 0 Å². The van der Waals surface area contributed by atoms with Gasteiger partial charge in [0, 0.05) is 17.6 Å². The molecule has 3 aromatic rings. The molecule has 1 unspecified atom stereocenters. The number of thiazole rings is 1. The van der Waals surface area contributed by atoms with Gasteiger partial charge in [0.05, 0.1) is 24.5 Å². The van der Waals surface area contributed by atoms with E-state index in [1.807, 2.05) is 12.3 Å². The van der Waals surface area contributed by atoms with Crippen molar-refractivity contribution in [1.82, 2.24) is 24.4 Å². The van der Waals surface area contributed by atoms with E-state index in [1.54, 1.807) is 17.1 Å². The number of aromatic nitrogens is 5. The van der Waals surface area contributed by atoms with E-state index in [9.17, 15) is 9.90 Å². The Bertz CT molecular complexity index is 790. The van der Waals surface area contributed by atoms with Crippen LogP contribution in [0, 0.1) is 0 Å². The van der Waals surface area contributed by atoms with E-state index in [1.165, 1.54) is 21.8 Å². The first-order valence-electron chi connectivity index (χ1n) is 6.21. The summed E-state index contributed by atoms with van der Waals surface area (Å²) in [7, 11) is 0. The minimum atomic E-state index is -0.609. The number of aliphatic hydroxyl groups excluding tert-OH is 1. The van der Waals surface area contributed by atoms with Gasteiger partial charge in [0.25, 0.3) is 5.56 Å². The van der Waals surface area contributed by atoms with Crippen molar-refractivity contribution in [2.24, 2.45) is 0 Å². The standard InChI is InChI=1S/C12H13N5O2S/c1-2-10(18)9-7-16(15-14-9)6-8-5-11(19)17-3-4-20-12(17)13-8/h3-5,7,10,18H,2,6H2,1H3. The van der Waals surface area contributed by atoms with Gasteiger partial charge < -0.3 is 5.11 Å². The van der Waals surface area contributed by atoms with Crippen molar-refractivity contribution in [3.05, 3.63) is 45.6 Å². The molecule has 7 nitrogen and oxygen atoms in total. The molecular weight excluding hydrogens is 278 g/mol. The van der Waals surface area contributed by atoms with Crippen LogP contribution in [0.4, 0.5) is 0 Å². The first-order valence-corrected chi connectivity index (χ1v) is 7.09. The summed E-state index contributed by atoms with van der Waals surface area (Å²) in [5.41, 5.74) is 1.04. The van der Waals surface area contributed by atoms with Crippen LogP contribution in [0.25, 0.3) is 4.96 Å². The lowest BCUT2D eigenvalue weighted by atomic mass is 10.2. The number of hydrogen-bond donors (Lipinski definition) is 1. The molecular formula is C12H13N5O2S. The van der Waals surface area contributed by atoms with Crippen LogP contribution in [0.3, 0.4) is 0 Å². The molecule has 0 radical (unpaired) electrons. The Morgan fingerprint density at radius 3 is 3.15 bits per heavy atom. The topological polar surface area (TPSA) is 85.3 Å². The summed E-state index contributed by atoms with van der Waals surface area (Å²) in [5.74, 6) is 0. The van der Waals surface area contributed by atoms with Gasteiger partial charge in [-0.3, -0.25) is 9.20 Å². The fourth-order valence-corrected chi connectivity index (χ4v) is 2.63. The van der Waals surface area contributed by atoms with Crippen molar-refractivity contribution in [3.8, 4) is 0 Å². The zero-order chi connectivity index (χ0) is 14.1. The van der Waals surface area contributed by atoms with Crippen LogP contribution in [0.1, 0.15) is 30.8 Å². The number of nitrogens with zero attached hydrogens (tertiary/aromatic N) is 5. The van der Waals surface area contributed by atoms with Gasteiger partial charge >= 0.3 is 0 Å². The molecule has 104 valence electrons. The van der Waals surface area contributed by atoms with Crippen molar-refractivity contribution < 1.29 is 5.11 Å². The van der Waals surface area contributed by atoms with E-state index < -0.39 is 6.10 Å². The van der Waals surface area contributed by atoms with Crippen LogP contribution in [0.15, 0.2) is 28.6 Å². The Labute approximate surface area is 118 Å². The van der Waals surface area contributed by atoms with Crippen LogP contribution in [0.2, 0.25) is 0 Å². The molecule has 0 aliphatic carbocycles. The molecule has 0 aliphatic heterocycles. The third kappa shape index (κ3) is 2.35. The number of rotatable bonds is 4. The fourth-order valence-electron chi connectivity index (χ4n) is 1.89. The molecule has 0 saturated carbocycles. The Balaban J connectivity index is 1.89. The lowest BCUT2D eigenvalue weighted by Gasteiger charge is -2.01. The third-order valence-electron chi connectivity index (χ3n) is 2.96. The first-order chi connectivity index (χ1) is 9.67. The summed E-state index contributed by atoms with van der Waals surface area (Å²) in [6, 6.07) is 1.48. The van der Waals surface area contributed by atoms with Gasteiger partial charge in [0.15, 0.2) is 4.96 Å². The summed E-state index contributed by atoms with van der Waals surface area (Å²) in [6.07, 6.45) is 3.35. The van der Waals surface area contributed by atoms with Gasteiger partial charge in [0.1, 0.15) is 5.69 Å². The Kier molecular flexibility index (Phi) is 3.33. The summed E-state index contributed by atoms with van der Waals surface area (Å²) in [4.78, 5) is 16.9. The summed E-state index contributed by atoms with van der Waals surface area (Å²) < 4.78 is 3.07.